The van der Waals surface area contributed by atoms with Gasteiger partial charge in [0.15, 0.2) is 0 Å². The summed E-state index contributed by atoms with van der Waals surface area (Å²) in [7, 11) is 0. The lowest BCUT2D eigenvalue weighted by atomic mass is 9.97. The first-order chi connectivity index (χ1) is 10.8. The molecule has 0 aliphatic heterocycles. The molecule has 0 fully saturated rings. The van der Waals surface area contributed by atoms with Crippen molar-refractivity contribution in [2.45, 2.75) is 26.7 Å². The molecule has 0 nitrogen and oxygen atoms in total. The summed E-state index contributed by atoms with van der Waals surface area (Å²) in [6, 6.07) is 17.2. The Labute approximate surface area is 134 Å². The zero-order valence-electron chi connectivity index (χ0n) is 13.5. The molecule has 0 bridgehead atoms. The lowest BCUT2D eigenvalue weighted by Crippen LogP contribution is -1.86. The molecule has 22 heavy (non-hydrogen) atoms. The number of benzene rings is 2. The number of fused-ring (bicyclic) bond motifs is 1. The van der Waals surface area contributed by atoms with Gasteiger partial charge in [0.2, 0.25) is 0 Å². The molecule has 0 saturated carbocycles. The van der Waals surface area contributed by atoms with Crippen LogP contribution in [0.25, 0.3) is 17.2 Å². The molecular weight excluding hydrogens is 264 g/mol. The minimum Gasteiger partial charge on any atom is -0.0991 e. The summed E-state index contributed by atoms with van der Waals surface area (Å²) in [6.45, 7) is 7.81. The zero-order valence-corrected chi connectivity index (χ0v) is 13.5. The molecule has 0 radical (unpaired) electrons. The van der Waals surface area contributed by atoms with E-state index >= 15 is 0 Å². The van der Waals surface area contributed by atoms with Gasteiger partial charge in [-0.2, -0.15) is 0 Å². The van der Waals surface area contributed by atoms with Gasteiger partial charge in [0.05, 0.1) is 0 Å². The predicted octanol–water partition coefficient (Wildman–Crippen LogP) is 6.45. The summed E-state index contributed by atoms with van der Waals surface area (Å²) >= 11 is 0. The minimum absolute atomic E-state index is 1.10. The van der Waals surface area contributed by atoms with Crippen molar-refractivity contribution >= 4 is 6.08 Å². The largest absolute Gasteiger partial charge is 0.0991 e. The highest BCUT2D eigenvalue weighted by atomic mass is 14.2. The summed E-state index contributed by atoms with van der Waals surface area (Å²) in [5.74, 6) is 0. The van der Waals surface area contributed by atoms with E-state index < -0.39 is 0 Å². The first-order valence-electron chi connectivity index (χ1n) is 7.88. The van der Waals surface area contributed by atoms with Gasteiger partial charge in [-0.05, 0) is 42.0 Å². The minimum atomic E-state index is 1.10. The van der Waals surface area contributed by atoms with Crippen LogP contribution in [0.5, 0.6) is 0 Å². The first-order valence-corrected chi connectivity index (χ1v) is 7.88. The molecule has 1 aliphatic rings. The molecule has 1 aliphatic carbocycles. The molecule has 112 valence electrons. The van der Waals surface area contributed by atoms with Gasteiger partial charge in [0.25, 0.3) is 0 Å². The Hall–Kier alpha value is -2.34. The molecule has 0 N–H and O–H groups in total. The van der Waals surface area contributed by atoms with E-state index in [0.717, 1.165) is 12.8 Å². The van der Waals surface area contributed by atoms with Gasteiger partial charge in [-0.25, -0.2) is 0 Å². The zero-order chi connectivity index (χ0) is 15.8. The maximum absolute atomic E-state index is 3.51. The molecule has 0 heterocycles. The second kappa shape index (κ2) is 8.19. The van der Waals surface area contributed by atoms with Crippen LogP contribution in [0.4, 0.5) is 0 Å². The van der Waals surface area contributed by atoms with Crippen molar-refractivity contribution in [1.82, 2.24) is 0 Å². The second-order valence-corrected chi connectivity index (χ2v) is 5.48. The van der Waals surface area contributed by atoms with E-state index in [9.17, 15) is 0 Å². The van der Waals surface area contributed by atoms with Crippen molar-refractivity contribution in [3.63, 3.8) is 0 Å². The molecule has 2 aromatic rings. The van der Waals surface area contributed by atoms with Crippen molar-refractivity contribution < 1.29 is 0 Å². The molecule has 2 aromatic carbocycles. The maximum atomic E-state index is 3.51. The topological polar surface area (TPSA) is 0 Å². The molecule has 0 spiro atoms. The van der Waals surface area contributed by atoms with Gasteiger partial charge in [0, 0.05) is 0 Å². The van der Waals surface area contributed by atoms with E-state index in [2.05, 4.69) is 81.1 Å². The molecule has 0 atom stereocenters. The smallest absolute Gasteiger partial charge is 0.00604 e. The highest BCUT2D eigenvalue weighted by Crippen LogP contribution is 2.33. The Bertz CT molecular complexity index is 672. The summed E-state index contributed by atoms with van der Waals surface area (Å²) in [4.78, 5) is 0. The highest BCUT2D eigenvalue weighted by molar-refractivity contribution is 5.80. The van der Waals surface area contributed by atoms with Crippen LogP contribution in [0, 0.1) is 0 Å². The van der Waals surface area contributed by atoms with Crippen molar-refractivity contribution in [1.29, 1.82) is 0 Å². The van der Waals surface area contributed by atoms with E-state index in [1.54, 1.807) is 6.08 Å². The number of rotatable bonds is 3. The van der Waals surface area contributed by atoms with E-state index in [4.69, 9.17) is 0 Å². The average Bonchev–Trinajstić information content (AvgIpc) is 2.94. The lowest BCUT2D eigenvalue weighted by Gasteiger charge is -2.07. The van der Waals surface area contributed by atoms with Gasteiger partial charge in [0.1, 0.15) is 0 Å². The second-order valence-electron chi connectivity index (χ2n) is 5.48. The quantitative estimate of drug-likeness (QED) is 0.569. The van der Waals surface area contributed by atoms with Crippen molar-refractivity contribution in [3.05, 3.63) is 90.0 Å². The molecule has 0 aromatic heterocycles. The highest BCUT2D eigenvalue weighted by Gasteiger charge is 2.13. The van der Waals surface area contributed by atoms with Gasteiger partial charge >= 0.3 is 0 Å². The normalized spacial score (nSPS) is 12.4. The molecule has 0 saturated heterocycles. The van der Waals surface area contributed by atoms with Crippen LogP contribution < -0.4 is 0 Å². The summed E-state index contributed by atoms with van der Waals surface area (Å²) in [5.41, 5.74) is 6.99. The van der Waals surface area contributed by atoms with Crippen LogP contribution >= 0.6 is 0 Å². The van der Waals surface area contributed by atoms with Crippen molar-refractivity contribution in [2.24, 2.45) is 0 Å². The third kappa shape index (κ3) is 4.08. The molecule has 3 rings (SSSR count). The third-order valence-corrected chi connectivity index (χ3v) is 3.65. The number of hydrogen-bond donors (Lipinski definition) is 0. The monoisotopic (exact) mass is 288 g/mol. The van der Waals surface area contributed by atoms with Crippen LogP contribution in [0.1, 0.15) is 31.4 Å². The van der Waals surface area contributed by atoms with Crippen LogP contribution in [0.3, 0.4) is 0 Å². The van der Waals surface area contributed by atoms with E-state index in [0.29, 0.717) is 0 Å². The first kappa shape index (κ1) is 16.0. The Morgan fingerprint density at radius 2 is 1.82 bits per heavy atom. The molecular formula is C22H24. The summed E-state index contributed by atoms with van der Waals surface area (Å²) in [6.07, 6.45) is 10.3. The Balaban J connectivity index is 0.000000254. The molecule has 0 amide bonds. The van der Waals surface area contributed by atoms with Gasteiger partial charge in [-0.1, -0.05) is 91.9 Å². The fraction of sp³-hybridized carbons (Fsp3) is 0.182. The third-order valence-electron chi connectivity index (χ3n) is 3.65. The van der Waals surface area contributed by atoms with Crippen molar-refractivity contribution in [3.8, 4) is 11.1 Å². The molecule has 0 heteroatoms. The van der Waals surface area contributed by atoms with E-state index in [1.165, 1.54) is 27.8 Å². The maximum Gasteiger partial charge on any atom is -0.00604 e. The SMILES string of the molecule is C=C/C=C/CC.CC1=Cc2c(cccc2-c2ccccc2)C1. The Kier molecular flexibility index (Phi) is 5.97. The number of allylic oxidation sites excluding steroid dienone is 4. The van der Waals surface area contributed by atoms with Crippen LogP contribution in [-0.2, 0) is 6.42 Å². The fourth-order valence-corrected chi connectivity index (χ4v) is 2.64. The predicted molar refractivity (Wildman–Crippen MR) is 98.9 cm³/mol. The standard InChI is InChI=1S/C16H14.C6H10/c1-12-10-14-8-5-9-15(16(14)11-12)13-6-3-2-4-7-13;1-3-5-6-4-2/h2-9,11H,10H2,1H3;3,5-6H,1,4H2,2H3/b;6-5+. The molecule has 0 unspecified atom stereocenters. The van der Waals surface area contributed by atoms with E-state index in [-0.39, 0.29) is 0 Å². The number of hydrogen-bond acceptors (Lipinski definition) is 0. The van der Waals surface area contributed by atoms with Gasteiger partial charge in [-0.3, -0.25) is 0 Å². The van der Waals surface area contributed by atoms with Crippen LogP contribution in [-0.4, -0.2) is 0 Å². The summed E-state index contributed by atoms with van der Waals surface area (Å²) < 4.78 is 0. The Morgan fingerprint density at radius 1 is 1.05 bits per heavy atom. The summed E-state index contributed by atoms with van der Waals surface area (Å²) in [5, 5.41) is 0. The van der Waals surface area contributed by atoms with Gasteiger partial charge < -0.3 is 0 Å². The van der Waals surface area contributed by atoms with Crippen molar-refractivity contribution in [2.75, 3.05) is 0 Å². The average molecular weight is 288 g/mol. The Morgan fingerprint density at radius 3 is 2.45 bits per heavy atom. The van der Waals surface area contributed by atoms with Crippen LogP contribution in [0.2, 0.25) is 0 Å². The van der Waals surface area contributed by atoms with Crippen LogP contribution in [0.15, 0.2) is 78.9 Å². The van der Waals surface area contributed by atoms with E-state index in [1.807, 2.05) is 6.08 Å². The lowest BCUT2D eigenvalue weighted by molar-refractivity contribution is 1.20. The van der Waals surface area contributed by atoms with Gasteiger partial charge in [-0.15, -0.1) is 0 Å². The fourth-order valence-electron chi connectivity index (χ4n) is 2.64.